The lowest BCUT2D eigenvalue weighted by Crippen LogP contribution is -2.02. The highest BCUT2D eigenvalue weighted by atomic mass is 35.5. The molecule has 0 atom stereocenters. The summed E-state index contributed by atoms with van der Waals surface area (Å²) in [6, 6.07) is 3.94. The molecular weight excluding hydrogens is 195 g/mol. The first-order valence-corrected chi connectivity index (χ1v) is 4.15. The first kappa shape index (κ1) is 9.99. The second-order valence-corrected chi connectivity index (χ2v) is 2.70. The molecule has 0 radical (unpaired) electrons. The number of rotatable bonds is 2. The first-order valence-electron chi connectivity index (χ1n) is 3.61. The van der Waals surface area contributed by atoms with Gasteiger partial charge < -0.3 is 4.74 Å². The highest BCUT2D eigenvalue weighted by molar-refractivity contribution is 6.17. The van der Waals surface area contributed by atoms with Gasteiger partial charge in [0.05, 0.1) is 18.6 Å². The zero-order valence-electron chi connectivity index (χ0n) is 7.01. The van der Waals surface area contributed by atoms with Gasteiger partial charge in [-0.2, -0.15) is 0 Å². The van der Waals surface area contributed by atoms with E-state index in [-0.39, 0.29) is 5.88 Å². The quantitative estimate of drug-likeness (QED) is 0.544. The number of esters is 1. The Morgan fingerprint density at radius 1 is 1.62 bits per heavy atom. The molecule has 2 nitrogen and oxygen atoms in total. The minimum atomic E-state index is -0.494. The number of carbonyl (C=O) groups excluding carboxylic acids is 1. The number of alkyl halides is 1. The van der Waals surface area contributed by atoms with Crippen LogP contribution >= 0.6 is 11.6 Å². The van der Waals surface area contributed by atoms with Crippen molar-refractivity contribution in [1.29, 1.82) is 0 Å². The second-order valence-electron chi connectivity index (χ2n) is 2.43. The summed E-state index contributed by atoms with van der Waals surface area (Å²) in [5.74, 6) is -0.870. The van der Waals surface area contributed by atoms with Gasteiger partial charge in [0, 0.05) is 5.56 Å². The second kappa shape index (κ2) is 4.23. The molecule has 0 aliphatic heterocycles. The third-order valence-electron chi connectivity index (χ3n) is 1.61. The van der Waals surface area contributed by atoms with Crippen LogP contribution in [0.3, 0.4) is 0 Å². The van der Waals surface area contributed by atoms with Gasteiger partial charge in [-0.25, -0.2) is 9.18 Å². The SMILES string of the molecule is COC(=O)c1ccc(F)c(CCl)c1. The topological polar surface area (TPSA) is 26.3 Å². The zero-order chi connectivity index (χ0) is 9.84. The number of carbonyl (C=O) groups is 1. The van der Waals surface area contributed by atoms with Gasteiger partial charge in [0.15, 0.2) is 0 Å². The van der Waals surface area contributed by atoms with E-state index in [0.29, 0.717) is 11.1 Å². The van der Waals surface area contributed by atoms with Gasteiger partial charge in [-0.15, -0.1) is 11.6 Å². The number of methoxy groups -OCH3 is 1. The molecule has 1 rings (SSSR count). The van der Waals surface area contributed by atoms with E-state index < -0.39 is 11.8 Å². The first-order chi connectivity index (χ1) is 6.19. The van der Waals surface area contributed by atoms with E-state index in [9.17, 15) is 9.18 Å². The lowest BCUT2D eigenvalue weighted by atomic mass is 10.1. The van der Waals surface area contributed by atoms with Crippen molar-refractivity contribution in [3.05, 3.63) is 35.1 Å². The van der Waals surface area contributed by atoms with Crippen molar-refractivity contribution in [1.82, 2.24) is 0 Å². The van der Waals surface area contributed by atoms with Crippen molar-refractivity contribution in [3.63, 3.8) is 0 Å². The fraction of sp³-hybridized carbons (Fsp3) is 0.222. The van der Waals surface area contributed by atoms with Crippen LogP contribution < -0.4 is 0 Å². The largest absolute Gasteiger partial charge is 0.465 e. The highest BCUT2D eigenvalue weighted by Gasteiger charge is 2.08. The van der Waals surface area contributed by atoms with E-state index in [4.69, 9.17) is 11.6 Å². The molecule has 4 heteroatoms. The normalized spacial score (nSPS) is 9.77. The number of ether oxygens (including phenoxy) is 1. The van der Waals surface area contributed by atoms with Crippen molar-refractivity contribution in [2.24, 2.45) is 0 Å². The van der Waals surface area contributed by atoms with Crippen LogP contribution in [-0.2, 0) is 10.6 Å². The van der Waals surface area contributed by atoms with Gasteiger partial charge >= 0.3 is 5.97 Å². The van der Waals surface area contributed by atoms with Gasteiger partial charge in [-0.1, -0.05) is 0 Å². The molecule has 1 aromatic rings. The molecule has 0 saturated carbocycles. The van der Waals surface area contributed by atoms with Crippen LogP contribution in [0.1, 0.15) is 15.9 Å². The molecule has 0 fully saturated rings. The third kappa shape index (κ3) is 2.18. The summed E-state index contributed by atoms with van der Waals surface area (Å²) in [7, 11) is 1.27. The van der Waals surface area contributed by atoms with Crippen molar-refractivity contribution in [3.8, 4) is 0 Å². The van der Waals surface area contributed by atoms with Gasteiger partial charge in [0.2, 0.25) is 0 Å². The molecule has 13 heavy (non-hydrogen) atoms. The minimum absolute atomic E-state index is 0.0384. The fourth-order valence-electron chi connectivity index (χ4n) is 0.922. The summed E-state index contributed by atoms with van der Waals surface area (Å²) >= 11 is 5.46. The molecule has 1 aromatic carbocycles. The molecule has 0 spiro atoms. The molecular formula is C9H8ClFO2. The van der Waals surface area contributed by atoms with Crippen LogP contribution in [0, 0.1) is 5.82 Å². The fourth-order valence-corrected chi connectivity index (χ4v) is 1.13. The van der Waals surface area contributed by atoms with Crippen molar-refractivity contribution in [2.45, 2.75) is 5.88 Å². The van der Waals surface area contributed by atoms with Gasteiger partial charge in [-0.05, 0) is 18.2 Å². The lowest BCUT2D eigenvalue weighted by molar-refractivity contribution is 0.0600. The molecule has 0 aliphatic carbocycles. The van der Waals surface area contributed by atoms with E-state index in [1.807, 2.05) is 0 Å². The smallest absolute Gasteiger partial charge is 0.337 e. The van der Waals surface area contributed by atoms with E-state index in [1.54, 1.807) is 0 Å². The summed E-state index contributed by atoms with van der Waals surface area (Å²) in [4.78, 5) is 11.0. The molecule has 0 heterocycles. The monoisotopic (exact) mass is 202 g/mol. The Morgan fingerprint density at radius 2 is 2.31 bits per heavy atom. The molecule has 70 valence electrons. The molecule has 0 amide bonds. The predicted octanol–water partition coefficient (Wildman–Crippen LogP) is 2.35. The summed E-state index contributed by atoms with van der Waals surface area (Å²) in [5, 5.41) is 0. The van der Waals surface area contributed by atoms with Gasteiger partial charge in [0.1, 0.15) is 5.82 Å². The number of hydrogen-bond acceptors (Lipinski definition) is 2. The Balaban J connectivity index is 3.06. The molecule has 0 saturated heterocycles. The highest BCUT2D eigenvalue weighted by Crippen LogP contribution is 2.13. The van der Waals surface area contributed by atoms with Crippen LogP contribution in [0.15, 0.2) is 18.2 Å². The Morgan fingerprint density at radius 3 is 2.85 bits per heavy atom. The van der Waals surface area contributed by atoms with Crippen LogP contribution in [0.5, 0.6) is 0 Å². The predicted molar refractivity (Wildman–Crippen MR) is 47.3 cm³/mol. The molecule has 0 aromatic heterocycles. The Kier molecular flexibility index (Phi) is 3.25. The Bertz CT molecular complexity index is 325. The standard InChI is InChI=1S/C9H8ClFO2/c1-13-9(12)6-2-3-8(11)7(4-6)5-10/h2-4H,5H2,1H3. The average molecular weight is 203 g/mol. The van der Waals surface area contributed by atoms with E-state index in [2.05, 4.69) is 4.74 Å². The molecule has 0 aliphatic rings. The summed E-state index contributed by atoms with van der Waals surface area (Å²) in [5.41, 5.74) is 0.601. The number of hydrogen-bond donors (Lipinski definition) is 0. The molecule has 0 N–H and O–H groups in total. The maximum Gasteiger partial charge on any atom is 0.337 e. The summed E-state index contributed by atoms with van der Waals surface area (Å²) < 4.78 is 17.4. The summed E-state index contributed by atoms with van der Waals surface area (Å²) in [6.45, 7) is 0. The van der Waals surface area contributed by atoms with Crippen LogP contribution in [-0.4, -0.2) is 13.1 Å². The van der Waals surface area contributed by atoms with E-state index in [0.717, 1.165) is 0 Å². The third-order valence-corrected chi connectivity index (χ3v) is 1.90. The van der Waals surface area contributed by atoms with Crippen molar-refractivity contribution < 1.29 is 13.9 Å². The Hall–Kier alpha value is -1.09. The molecule has 0 bridgehead atoms. The zero-order valence-corrected chi connectivity index (χ0v) is 7.77. The maximum atomic E-state index is 12.9. The van der Waals surface area contributed by atoms with Crippen LogP contribution in [0.2, 0.25) is 0 Å². The van der Waals surface area contributed by atoms with Crippen LogP contribution in [0.25, 0.3) is 0 Å². The van der Waals surface area contributed by atoms with Gasteiger partial charge in [-0.3, -0.25) is 0 Å². The van der Waals surface area contributed by atoms with E-state index in [1.165, 1.54) is 25.3 Å². The lowest BCUT2D eigenvalue weighted by Gasteiger charge is -2.02. The van der Waals surface area contributed by atoms with Crippen molar-refractivity contribution in [2.75, 3.05) is 7.11 Å². The van der Waals surface area contributed by atoms with Crippen molar-refractivity contribution >= 4 is 17.6 Å². The van der Waals surface area contributed by atoms with E-state index >= 15 is 0 Å². The van der Waals surface area contributed by atoms with Crippen LogP contribution in [0.4, 0.5) is 4.39 Å². The maximum absolute atomic E-state index is 12.9. The number of halogens is 2. The number of benzene rings is 1. The minimum Gasteiger partial charge on any atom is -0.465 e. The molecule has 0 unspecified atom stereocenters. The average Bonchev–Trinajstić information content (AvgIpc) is 2.17. The van der Waals surface area contributed by atoms with Gasteiger partial charge in [0.25, 0.3) is 0 Å². The Labute approximate surface area is 80.3 Å². The summed E-state index contributed by atoms with van der Waals surface area (Å²) in [6.07, 6.45) is 0.